The highest BCUT2D eigenvalue weighted by atomic mass is 32.2. The average Bonchev–Trinajstić information content (AvgIpc) is 2.45. The molecular weight excluding hydrogens is 282 g/mol. The van der Waals surface area contributed by atoms with E-state index in [9.17, 15) is 13.2 Å². The second-order valence-corrected chi connectivity index (χ2v) is 6.02. The summed E-state index contributed by atoms with van der Waals surface area (Å²) in [6.45, 7) is 0.353. The Bertz CT molecular complexity index is 519. The van der Waals surface area contributed by atoms with Crippen molar-refractivity contribution in [3.63, 3.8) is 0 Å². The summed E-state index contributed by atoms with van der Waals surface area (Å²) in [6.07, 6.45) is 3.93. The van der Waals surface area contributed by atoms with Gasteiger partial charge in [0, 0.05) is 32.5 Å². The van der Waals surface area contributed by atoms with Crippen molar-refractivity contribution in [1.82, 2.24) is 14.0 Å². The number of nitrogens with one attached hydrogen (secondary N) is 1. The van der Waals surface area contributed by atoms with E-state index in [1.165, 1.54) is 14.2 Å². The smallest absolute Gasteiger partial charge is 0.306 e. The second-order valence-electron chi connectivity index (χ2n) is 4.16. The summed E-state index contributed by atoms with van der Waals surface area (Å²) >= 11 is 0. The fourth-order valence-electron chi connectivity index (χ4n) is 1.45. The predicted octanol–water partition coefficient (Wildman–Crippen LogP) is -0.0466. The van der Waals surface area contributed by atoms with Gasteiger partial charge >= 0.3 is 5.97 Å². The van der Waals surface area contributed by atoms with Crippen molar-refractivity contribution in [2.24, 2.45) is 0 Å². The van der Waals surface area contributed by atoms with Gasteiger partial charge in [0.2, 0.25) is 0 Å². The van der Waals surface area contributed by atoms with Crippen molar-refractivity contribution in [2.75, 3.05) is 27.2 Å². The molecule has 0 bridgehead atoms. The molecule has 0 amide bonds. The van der Waals surface area contributed by atoms with E-state index in [1.807, 2.05) is 6.07 Å². The summed E-state index contributed by atoms with van der Waals surface area (Å²) in [4.78, 5) is 14.9. The van der Waals surface area contributed by atoms with Crippen LogP contribution in [0.4, 0.5) is 0 Å². The van der Waals surface area contributed by atoms with Gasteiger partial charge in [-0.3, -0.25) is 9.78 Å². The normalized spacial score (nSPS) is 11.6. The summed E-state index contributed by atoms with van der Waals surface area (Å²) in [5, 5.41) is 0. The van der Waals surface area contributed by atoms with Crippen molar-refractivity contribution in [3.05, 3.63) is 30.1 Å². The van der Waals surface area contributed by atoms with Crippen molar-refractivity contribution in [3.8, 4) is 0 Å². The Morgan fingerprint density at radius 2 is 2.25 bits per heavy atom. The van der Waals surface area contributed by atoms with Crippen LogP contribution >= 0.6 is 0 Å². The van der Waals surface area contributed by atoms with Crippen LogP contribution in [0.2, 0.25) is 0 Å². The van der Waals surface area contributed by atoms with E-state index in [4.69, 9.17) is 0 Å². The number of esters is 1. The van der Waals surface area contributed by atoms with Gasteiger partial charge in [-0.15, -0.1) is 0 Å². The van der Waals surface area contributed by atoms with Crippen LogP contribution in [0.5, 0.6) is 0 Å². The van der Waals surface area contributed by atoms with Gasteiger partial charge in [-0.2, -0.15) is 12.7 Å². The highest BCUT2D eigenvalue weighted by Gasteiger charge is 2.17. The maximum absolute atomic E-state index is 11.9. The topological polar surface area (TPSA) is 88.6 Å². The van der Waals surface area contributed by atoms with E-state index >= 15 is 0 Å². The fourth-order valence-corrected chi connectivity index (χ4v) is 2.36. The van der Waals surface area contributed by atoms with Gasteiger partial charge in [0.1, 0.15) is 0 Å². The maximum Gasteiger partial charge on any atom is 0.306 e. The fraction of sp³-hybridized carbons (Fsp3) is 0.500. The Labute approximate surface area is 119 Å². The number of aromatic nitrogens is 1. The number of hydrogen-bond acceptors (Lipinski definition) is 5. The second kappa shape index (κ2) is 7.93. The van der Waals surface area contributed by atoms with Gasteiger partial charge in [0.05, 0.1) is 13.5 Å². The zero-order valence-corrected chi connectivity index (χ0v) is 12.4. The van der Waals surface area contributed by atoms with E-state index in [1.54, 1.807) is 18.5 Å². The average molecular weight is 301 g/mol. The maximum atomic E-state index is 11.9. The van der Waals surface area contributed by atoms with Gasteiger partial charge in [-0.1, -0.05) is 6.07 Å². The van der Waals surface area contributed by atoms with Crippen molar-refractivity contribution in [1.29, 1.82) is 0 Å². The number of nitrogens with zero attached hydrogens (tertiary/aromatic N) is 2. The molecule has 0 spiro atoms. The van der Waals surface area contributed by atoms with E-state index in [0.717, 1.165) is 9.87 Å². The quantitative estimate of drug-likeness (QED) is 0.680. The number of hydrogen-bond donors (Lipinski definition) is 1. The first kappa shape index (κ1) is 16.5. The van der Waals surface area contributed by atoms with Gasteiger partial charge in [-0.05, 0) is 18.1 Å². The zero-order valence-electron chi connectivity index (χ0n) is 11.6. The molecule has 7 nitrogen and oxygen atoms in total. The summed E-state index contributed by atoms with van der Waals surface area (Å²) in [5.41, 5.74) is 0.951. The minimum atomic E-state index is -3.58. The van der Waals surface area contributed by atoms with Gasteiger partial charge in [0.25, 0.3) is 10.2 Å². The molecule has 0 fully saturated rings. The van der Waals surface area contributed by atoms with Crippen molar-refractivity contribution in [2.45, 2.75) is 12.8 Å². The first-order chi connectivity index (χ1) is 9.45. The lowest BCUT2D eigenvalue weighted by atomic mass is 10.2. The number of carbonyl (C=O) groups excluding carboxylic acids is 1. The first-order valence-electron chi connectivity index (χ1n) is 6.12. The predicted molar refractivity (Wildman–Crippen MR) is 74.1 cm³/mol. The molecule has 0 aliphatic rings. The van der Waals surface area contributed by atoms with Gasteiger partial charge in [-0.25, -0.2) is 4.72 Å². The van der Waals surface area contributed by atoms with Crippen LogP contribution in [-0.4, -0.2) is 50.9 Å². The van der Waals surface area contributed by atoms with Crippen molar-refractivity contribution >= 4 is 16.2 Å². The molecule has 0 saturated carbocycles. The molecule has 0 saturated heterocycles. The first-order valence-corrected chi connectivity index (χ1v) is 7.56. The van der Waals surface area contributed by atoms with Crippen LogP contribution in [-0.2, 0) is 26.2 Å². The molecule has 0 unspecified atom stereocenters. The van der Waals surface area contributed by atoms with Gasteiger partial charge < -0.3 is 4.74 Å². The molecule has 1 aromatic rings. The van der Waals surface area contributed by atoms with Crippen LogP contribution in [0.15, 0.2) is 24.5 Å². The summed E-state index contributed by atoms with van der Waals surface area (Å²) in [7, 11) is -0.900. The monoisotopic (exact) mass is 301 g/mol. The van der Waals surface area contributed by atoms with E-state index in [-0.39, 0.29) is 19.5 Å². The summed E-state index contributed by atoms with van der Waals surface area (Å²) in [5.74, 6) is -0.442. The number of ether oxygens (including phenoxy) is 1. The van der Waals surface area contributed by atoms with Crippen LogP contribution < -0.4 is 4.72 Å². The molecule has 112 valence electrons. The van der Waals surface area contributed by atoms with E-state index in [2.05, 4.69) is 14.4 Å². The third-order valence-electron chi connectivity index (χ3n) is 2.69. The van der Waals surface area contributed by atoms with Crippen LogP contribution in [0.25, 0.3) is 0 Å². The third-order valence-corrected chi connectivity index (χ3v) is 4.26. The lowest BCUT2D eigenvalue weighted by Crippen LogP contribution is -2.40. The number of rotatable bonds is 8. The Morgan fingerprint density at radius 3 is 2.85 bits per heavy atom. The Morgan fingerprint density at radius 1 is 1.50 bits per heavy atom. The lowest BCUT2D eigenvalue weighted by molar-refractivity contribution is -0.140. The molecular formula is C12H19N3O4S. The molecule has 0 aliphatic carbocycles. The molecule has 0 aromatic carbocycles. The van der Waals surface area contributed by atoms with Crippen molar-refractivity contribution < 1.29 is 17.9 Å². The van der Waals surface area contributed by atoms with Crippen LogP contribution in [0.1, 0.15) is 12.0 Å². The molecule has 0 aliphatic heterocycles. The largest absolute Gasteiger partial charge is 0.469 e. The molecule has 1 aromatic heterocycles. The minimum absolute atomic E-state index is 0.0243. The van der Waals surface area contributed by atoms with E-state index < -0.39 is 16.2 Å². The Balaban J connectivity index is 2.39. The molecule has 0 radical (unpaired) electrons. The van der Waals surface area contributed by atoms with Crippen LogP contribution in [0, 0.1) is 0 Å². The summed E-state index contributed by atoms with van der Waals surface area (Å²) in [6, 6.07) is 3.68. The molecule has 1 heterocycles. The molecule has 1 rings (SSSR count). The highest BCUT2D eigenvalue weighted by molar-refractivity contribution is 7.87. The third kappa shape index (κ3) is 5.64. The molecule has 1 N–H and O–H groups in total. The number of pyridine rings is 1. The lowest BCUT2D eigenvalue weighted by Gasteiger charge is -2.17. The minimum Gasteiger partial charge on any atom is -0.469 e. The van der Waals surface area contributed by atoms with Gasteiger partial charge in [0.15, 0.2) is 0 Å². The zero-order chi connectivity index (χ0) is 15.0. The van der Waals surface area contributed by atoms with E-state index in [0.29, 0.717) is 6.42 Å². The molecule has 0 atom stereocenters. The Kier molecular flexibility index (Phi) is 6.56. The Hall–Kier alpha value is -1.51. The highest BCUT2D eigenvalue weighted by Crippen LogP contribution is 1.99. The molecule has 20 heavy (non-hydrogen) atoms. The standard InChI is InChI=1S/C12H19N3O4S/c1-15(9-6-12(16)19-2)20(17,18)14-8-5-11-4-3-7-13-10-11/h3-4,7,10,14H,5-6,8-9H2,1-2H3. The van der Waals surface area contributed by atoms with Crippen LogP contribution in [0.3, 0.4) is 0 Å². The molecule has 8 heteroatoms. The number of methoxy groups -OCH3 is 1. The summed E-state index contributed by atoms with van der Waals surface area (Å²) < 4.78 is 31.8. The number of carbonyl (C=O) groups is 1. The SMILES string of the molecule is COC(=O)CCN(C)S(=O)(=O)NCCc1cccnc1.